The maximum absolute atomic E-state index is 12.3. The lowest BCUT2D eigenvalue weighted by Gasteiger charge is -2.17. The summed E-state index contributed by atoms with van der Waals surface area (Å²) in [5.74, 6) is 1.02. The fourth-order valence-corrected chi connectivity index (χ4v) is 2.55. The Morgan fingerprint density at radius 3 is 2.80 bits per heavy atom. The van der Waals surface area contributed by atoms with Crippen molar-refractivity contribution >= 4 is 16.7 Å². The van der Waals surface area contributed by atoms with Crippen LogP contribution in [-0.2, 0) is 11.2 Å². The maximum Gasteiger partial charge on any atom is 0.227 e. The van der Waals surface area contributed by atoms with Gasteiger partial charge in [0.2, 0.25) is 5.91 Å². The lowest BCUT2D eigenvalue weighted by atomic mass is 10.0. The molecule has 3 heteroatoms. The van der Waals surface area contributed by atoms with Crippen LogP contribution in [0.2, 0.25) is 0 Å². The molecule has 0 spiro atoms. The molecule has 1 aliphatic rings. The van der Waals surface area contributed by atoms with Gasteiger partial charge in [0.1, 0.15) is 5.75 Å². The van der Waals surface area contributed by atoms with Crippen molar-refractivity contribution in [1.82, 2.24) is 4.90 Å². The molecule has 1 aliphatic carbocycles. The summed E-state index contributed by atoms with van der Waals surface area (Å²) in [4.78, 5) is 14.2. The monoisotopic (exact) mass is 269 g/mol. The number of amides is 1. The molecule has 104 valence electrons. The molecule has 0 aromatic heterocycles. The summed E-state index contributed by atoms with van der Waals surface area (Å²) < 4.78 is 5.28. The van der Waals surface area contributed by atoms with Crippen LogP contribution in [-0.4, -0.2) is 31.0 Å². The number of benzene rings is 2. The molecule has 0 bridgehead atoms. The summed E-state index contributed by atoms with van der Waals surface area (Å²) in [5.41, 5.74) is 1.07. The Balaban J connectivity index is 1.91. The van der Waals surface area contributed by atoms with E-state index < -0.39 is 0 Å². The highest BCUT2D eigenvalue weighted by molar-refractivity contribution is 5.91. The molecule has 0 heterocycles. The second kappa shape index (κ2) is 5.16. The van der Waals surface area contributed by atoms with E-state index in [1.807, 2.05) is 42.3 Å². The summed E-state index contributed by atoms with van der Waals surface area (Å²) >= 11 is 0. The highest BCUT2D eigenvalue weighted by Gasteiger charge is 2.29. The number of carbonyl (C=O) groups is 1. The van der Waals surface area contributed by atoms with Crippen LogP contribution < -0.4 is 4.74 Å². The third-order valence-electron chi connectivity index (χ3n) is 4.01. The average Bonchev–Trinajstić information content (AvgIpc) is 3.31. The van der Waals surface area contributed by atoms with Crippen molar-refractivity contribution in [3.63, 3.8) is 0 Å². The summed E-state index contributed by atoms with van der Waals surface area (Å²) in [7, 11) is 3.57. The van der Waals surface area contributed by atoms with Gasteiger partial charge in [-0.1, -0.05) is 24.3 Å². The molecule has 1 amide bonds. The fourth-order valence-electron chi connectivity index (χ4n) is 2.55. The molecule has 0 atom stereocenters. The van der Waals surface area contributed by atoms with Gasteiger partial charge in [-0.25, -0.2) is 0 Å². The molecule has 1 fully saturated rings. The first kappa shape index (κ1) is 13.0. The summed E-state index contributed by atoms with van der Waals surface area (Å²) in [5, 5.41) is 2.24. The quantitative estimate of drug-likeness (QED) is 0.854. The Kier molecular flexibility index (Phi) is 3.35. The lowest BCUT2D eigenvalue weighted by molar-refractivity contribution is -0.129. The first-order valence-electron chi connectivity index (χ1n) is 7.00. The fraction of sp³-hybridized carbons (Fsp3) is 0.353. The van der Waals surface area contributed by atoms with Crippen LogP contribution in [0, 0.1) is 0 Å². The largest absolute Gasteiger partial charge is 0.497 e. The molecule has 0 aliphatic heterocycles. The molecule has 20 heavy (non-hydrogen) atoms. The summed E-state index contributed by atoms with van der Waals surface area (Å²) in [6, 6.07) is 12.6. The Morgan fingerprint density at radius 2 is 2.10 bits per heavy atom. The van der Waals surface area contributed by atoms with Crippen LogP contribution in [0.4, 0.5) is 0 Å². The molecule has 0 radical (unpaired) electrons. The third-order valence-corrected chi connectivity index (χ3v) is 4.01. The van der Waals surface area contributed by atoms with Gasteiger partial charge < -0.3 is 9.64 Å². The number of hydrogen-bond donors (Lipinski definition) is 0. The number of methoxy groups -OCH3 is 1. The standard InChI is InChI=1S/C17H19NO2/c1-18(14-7-8-14)17(19)10-13-5-3-4-12-6-9-15(20-2)11-16(12)13/h3-6,9,11,14H,7-8,10H2,1-2H3. The molecule has 0 N–H and O–H groups in total. The van der Waals surface area contributed by atoms with Crippen molar-refractivity contribution < 1.29 is 9.53 Å². The smallest absolute Gasteiger partial charge is 0.227 e. The number of fused-ring (bicyclic) bond motifs is 1. The number of carbonyl (C=O) groups excluding carboxylic acids is 1. The normalized spacial score (nSPS) is 14.3. The van der Waals surface area contributed by atoms with Gasteiger partial charge in [0.05, 0.1) is 13.5 Å². The summed E-state index contributed by atoms with van der Waals surface area (Å²) in [6.45, 7) is 0. The van der Waals surface area contributed by atoms with Crippen LogP contribution in [0.5, 0.6) is 5.75 Å². The SMILES string of the molecule is COc1ccc2cccc(CC(=O)N(C)C3CC3)c2c1. The number of nitrogens with zero attached hydrogens (tertiary/aromatic N) is 1. The Labute approximate surface area is 119 Å². The summed E-state index contributed by atoms with van der Waals surface area (Å²) in [6.07, 6.45) is 2.74. The van der Waals surface area contributed by atoms with E-state index in [9.17, 15) is 4.79 Å². The molecule has 1 saturated carbocycles. The molecular formula is C17H19NO2. The van der Waals surface area contributed by atoms with Crippen LogP contribution in [0.1, 0.15) is 18.4 Å². The Hall–Kier alpha value is -2.03. The molecule has 3 rings (SSSR count). The number of hydrogen-bond acceptors (Lipinski definition) is 2. The van der Waals surface area contributed by atoms with Crippen molar-refractivity contribution in [2.75, 3.05) is 14.2 Å². The van der Waals surface area contributed by atoms with E-state index in [2.05, 4.69) is 6.07 Å². The zero-order valence-electron chi connectivity index (χ0n) is 11.9. The predicted octanol–water partition coefficient (Wildman–Crippen LogP) is 3.01. The predicted molar refractivity (Wildman–Crippen MR) is 80.0 cm³/mol. The first-order chi connectivity index (χ1) is 9.69. The minimum Gasteiger partial charge on any atom is -0.497 e. The minimum absolute atomic E-state index is 0.197. The van der Waals surface area contributed by atoms with Crippen LogP contribution in [0.25, 0.3) is 10.8 Å². The van der Waals surface area contributed by atoms with E-state index in [1.54, 1.807) is 7.11 Å². The van der Waals surface area contributed by atoms with E-state index in [0.717, 1.165) is 34.9 Å². The molecular weight excluding hydrogens is 250 g/mol. The zero-order chi connectivity index (χ0) is 14.1. The number of rotatable bonds is 4. The number of likely N-dealkylation sites (N-methyl/N-ethyl adjacent to an activating group) is 1. The average molecular weight is 269 g/mol. The van der Waals surface area contributed by atoms with E-state index in [4.69, 9.17) is 4.74 Å². The van der Waals surface area contributed by atoms with Crippen molar-refractivity contribution in [3.8, 4) is 5.75 Å². The second-order valence-electron chi connectivity index (χ2n) is 5.42. The van der Waals surface area contributed by atoms with E-state index in [0.29, 0.717) is 12.5 Å². The minimum atomic E-state index is 0.197. The van der Waals surface area contributed by atoms with Gasteiger partial charge >= 0.3 is 0 Å². The Morgan fingerprint density at radius 1 is 1.30 bits per heavy atom. The Bertz CT molecular complexity index is 646. The van der Waals surface area contributed by atoms with Crippen LogP contribution in [0.3, 0.4) is 0 Å². The highest BCUT2D eigenvalue weighted by atomic mass is 16.5. The molecule has 3 nitrogen and oxygen atoms in total. The van der Waals surface area contributed by atoms with Crippen LogP contribution >= 0.6 is 0 Å². The number of ether oxygens (including phenoxy) is 1. The van der Waals surface area contributed by atoms with Gasteiger partial charge in [-0.3, -0.25) is 4.79 Å². The van der Waals surface area contributed by atoms with Gasteiger partial charge in [-0.2, -0.15) is 0 Å². The van der Waals surface area contributed by atoms with Gasteiger partial charge in [0.15, 0.2) is 0 Å². The van der Waals surface area contributed by atoms with Gasteiger partial charge in [-0.05, 0) is 41.3 Å². The molecule has 0 unspecified atom stereocenters. The van der Waals surface area contributed by atoms with Crippen molar-refractivity contribution in [1.29, 1.82) is 0 Å². The van der Waals surface area contributed by atoms with E-state index in [1.165, 1.54) is 0 Å². The lowest BCUT2D eigenvalue weighted by Crippen LogP contribution is -2.30. The first-order valence-corrected chi connectivity index (χ1v) is 7.00. The molecule has 2 aromatic carbocycles. The third kappa shape index (κ3) is 2.48. The van der Waals surface area contributed by atoms with Crippen molar-refractivity contribution in [2.45, 2.75) is 25.3 Å². The van der Waals surface area contributed by atoms with Crippen LogP contribution in [0.15, 0.2) is 36.4 Å². The maximum atomic E-state index is 12.3. The zero-order valence-corrected chi connectivity index (χ0v) is 11.9. The second-order valence-corrected chi connectivity index (χ2v) is 5.42. The van der Waals surface area contributed by atoms with Crippen molar-refractivity contribution in [2.24, 2.45) is 0 Å². The van der Waals surface area contributed by atoms with Gasteiger partial charge in [0.25, 0.3) is 0 Å². The molecule has 2 aromatic rings. The van der Waals surface area contributed by atoms with E-state index in [-0.39, 0.29) is 5.91 Å². The molecule has 0 saturated heterocycles. The van der Waals surface area contributed by atoms with E-state index >= 15 is 0 Å². The van der Waals surface area contributed by atoms with Gasteiger partial charge in [0, 0.05) is 13.1 Å². The topological polar surface area (TPSA) is 29.5 Å². The van der Waals surface area contributed by atoms with Gasteiger partial charge in [-0.15, -0.1) is 0 Å². The van der Waals surface area contributed by atoms with Crippen molar-refractivity contribution in [3.05, 3.63) is 42.0 Å². The highest BCUT2D eigenvalue weighted by Crippen LogP contribution is 2.28.